The van der Waals surface area contributed by atoms with E-state index < -0.39 is 23.9 Å². The average molecular weight is 725 g/mol. The van der Waals surface area contributed by atoms with Gasteiger partial charge in [0.1, 0.15) is 0 Å². The number of pyridine rings is 4. The normalized spacial score (nSPS) is 11.3. The molecule has 0 atom stereocenters. The largest absolute Gasteiger partial charge is 0.465 e. The summed E-state index contributed by atoms with van der Waals surface area (Å²) in [5, 5.41) is 0. The van der Waals surface area contributed by atoms with Crippen molar-refractivity contribution in [2.24, 2.45) is 0 Å². The average Bonchev–Trinajstić information content (AvgIpc) is 3.22. The molecule has 5 heterocycles. The Bertz CT molecular complexity index is 2010. The Labute approximate surface area is 309 Å². The molecule has 0 aromatic carbocycles. The van der Waals surface area contributed by atoms with Gasteiger partial charge in [-0.3, -0.25) is 19.9 Å². The minimum Gasteiger partial charge on any atom is -0.465 e. The number of carbonyl (C=O) groups excluding carboxylic acids is 4. The number of methoxy groups -OCH3 is 4. The number of ether oxygens (including phenoxy) is 4. The molecular formula is C40H32N6O8. The number of hydrogen-bond donors (Lipinski definition) is 0. The summed E-state index contributed by atoms with van der Waals surface area (Å²) in [5.41, 5.74) is 5.09. The van der Waals surface area contributed by atoms with Crippen molar-refractivity contribution >= 4 is 72.5 Å². The molecule has 0 amide bonds. The van der Waals surface area contributed by atoms with Gasteiger partial charge in [-0.25, -0.2) is 29.1 Å². The summed E-state index contributed by atoms with van der Waals surface area (Å²) in [6.07, 6.45) is 25.6. The first-order valence-electron chi connectivity index (χ1n) is 16.0. The van der Waals surface area contributed by atoms with Crippen LogP contribution in [0.15, 0.2) is 73.8 Å². The van der Waals surface area contributed by atoms with E-state index in [4.69, 9.17) is 28.9 Å². The van der Waals surface area contributed by atoms with Crippen molar-refractivity contribution in [2.45, 2.75) is 0 Å². The minimum atomic E-state index is -0.536. The van der Waals surface area contributed by atoms with Crippen LogP contribution in [0, 0.1) is 0 Å². The number of carbonyl (C=O) groups is 4. The van der Waals surface area contributed by atoms with Crippen LogP contribution in [-0.4, -0.2) is 82.2 Å². The van der Waals surface area contributed by atoms with Gasteiger partial charge in [0.25, 0.3) is 0 Å². The number of nitrogens with zero attached hydrogens (tertiary/aromatic N) is 6. The SMILES string of the molecule is COC(=O)c1cncc(C=Cc2nc(C=Cc3cncc(C(=O)OC)c3)c(C=Cc3cncc(C(=O)OC)c3)nc2C=Cc2cncc(C(=O)OC)c2)c1. The maximum absolute atomic E-state index is 12.2. The highest BCUT2D eigenvalue weighted by molar-refractivity contribution is 5.92. The summed E-state index contributed by atoms with van der Waals surface area (Å²) in [4.78, 5) is 75.1. The van der Waals surface area contributed by atoms with Crippen LogP contribution >= 0.6 is 0 Å². The molecule has 54 heavy (non-hydrogen) atoms. The van der Waals surface area contributed by atoms with Crippen LogP contribution in [0.4, 0.5) is 0 Å². The highest BCUT2D eigenvalue weighted by atomic mass is 16.5. The lowest BCUT2D eigenvalue weighted by atomic mass is 10.1. The second kappa shape index (κ2) is 18.1. The molecule has 0 aliphatic rings. The number of esters is 4. The Morgan fingerprint density at radius 1 is 0.370 bits per heavy atom. The topological polar surface area (TPSA) is 183 Å². The molecule has 0 radical (unpaired) electrons. The lowest BCUT2D eigenvalue weighted by Crippen LogP contribution is -2.02. The maximum Gasteiger partial charge on any atom is 0.339 e. The van der Waals surface area contributed by atoms with Crippen LogP contribution in [0.3, 0.4) is 0 Å². The molecule has 5 aromatic heterocycles. The molecule has 0 bridgehead atoms. The van der Waals surface area contributed by atoms with E-state index in [2.05, 4.69) is 19.9 Å². The lowest BCUT2D eigenvalue weighted by Gasteiger charge is -2.08. The van der Waals surface area contributed by atoms with E-state index in [1.807, 2.05) is 0 Å². The smallest absolute Gasteiger partial charge is 0.339 e. The molecule has 14 nitrogen and oxygen atoms in total. The fourth-order valence-corrected chi connectivity index (χ4v) is 4.79. The summed E-state index contributed by atoms with van der Waals surface area (Å²) >= 11 is 0. The predicted octanol–water partition coefficient (Wildman–Crippen LogP) is 5.88. The minimum absolute atomic E-state index is 0.265. The molecule has 5 rings (SSSR count). The van der Waals surface area contributed by atoms with Crippen LogP contribution in [0.5, 0.6) is 0 Å². The van der Waals surface area contributed by atoms with Gasteiger partial charge in [0, 0.05) is 49.6 Å². The van der Waals surface area contributed by atoms with Gasteiger partial charge >= 0.3 is 23.9 Å². The fourth-order valence-electron chi connectivity index (χ4n) is 4.79. The highest BCUT2D eigenvalue weighted by Gasteiger charge is 2.12. The van der Waals surface area contributed by atoms with E-state index >= 15 is 0 Å². The van der Waals surface area contributed by atoms with E-state index in [-0.39, 0.29) is 22.3 Å². The van der Waals surface area contributed by atoms with Gasteiger partial charge in [0.2, 0.25) is 0 Å². The van der Waals surface area contributed by atoms with Crippen LogP contribution in [0.25, 0.3) is 48.6 Å². The van der Waals surface area contributed by atoms with Gasteiger partial charge in [-0.2, -0.15) is 0 Å². The van der Waals surface area contributed by atoms with Crippen LogP contribution in [0.1, 0.15) is 86.5 Å². The van der Waals surface area contributed by atoms with Crippen molar-refractivity contribution in [3.8, 4) is 0 Å². The van der Waals surface area contributed by atoms with Gasteiger partial charge in [0.05, 0.1) is 73.5 Å². The van der Waals surface area contributed by atoms with Crippen LogP contribution < -0.4 is 0 Å². The van der Waals surface area contributed by atoms with Gasteiger partial charge in [0.15, 0.2) is 0 Å². The quantitative estimate of drug-likeness (QED) is 0.110. The van der Waals surface area contributed by atoms with Crippen LogP contribution in [-0.2, 0) is 18.9 Å². The number of aromatic nitrogens is 6. The molecule has 0 spiro atoms. The molecule has 0 unspecified atom stereocenters. The van der Waals surface area contributed by atoms with Crippen molar-refractivity contribution in [3.05, 3.63) is 141 Å². The Balaban J connectivity index is 1.66. The molecule has 0 fully saturated rings. The predicted molar refractivity (Wildman–Crippen MR) is 200 cm³/mol. The van der Waals surface area contributed by atoms with Crippen LogP contribution in [0.2, 0.25) is 0 Å². The fraction of sp³-hybridized carbons (Fsp3) is 0.100. The third kappa shape index (κ3) is 9.85. The van der Waals surface area contributed by atoms with Gasteiger partial charge < -0.3 is 18.9 Å². The summed E-state index contributed by atoms with van der Waals surface area (Å²) in [6, 6.07) is 6.49. The second-order valence-corrected chi connectivity index (χ2v) is 11.1. The van der Waals surface area contributed by atoms with Crippen molar-refractivity contribution in [1.29, 1.82) is 0 Å². The van der Waals surface area contributed by atoms with E-state index in [1.54, 1.807) is 97.7 Å². The molecule has 14 heteroatoms. The Hall–Kier alpha value is -7.48. The van der Waals surface area contributed by atoms with E-state index in [0.29, 0.717) is 45.0 Å². The molecule has 0 saturated heterocycles. The summed E-state index contributed by atoms with van der Waals surface area (Å²) < 4.78 is 19.3. The number of rotatable bonds is 12. The van der Waals surface area contributed by atoms with E-state index in [1.165, 1.54) is 53.2 Å². The maximum atomic E-state index is 12.2. The first-order chi connectivity index (χ1) is 26.2. The zero-order chi connectivity index (χ0) is 38.5. The summed E-state index contributed by atoms with van der Waals surface area (Å²) in [5.74, 6) is -2.15. The first kappa shape index (κ1) is 37.8. The molecule has 5 aromatic rings. The first-order valence-corrected chi connectivity index (χ1v) is 16.0. The molecule has 0 aliphatic carbocycles. The van der Waals surface area contributed by atoms with E-state index in [0.717, 1.165) is 0 Å². The Kier molecular flexibility index (Phi) is 12.7. The van der Waals surface area contributed by atoms with E-state index in [9.17, 15) is 19.2 Å². The molecule has 270 valence electrons. The number of hydrogen-bond acceptors (Lipinski definition) is 14. The standard InChI is InChI=1S/C40H32N6O8/c1-51-37(47)29-13-25(17-41-21-29)5-9-33-34(10-6-26-14-30(22-42-18-26)38(48)52-2)46-36(12-8-28-16-32(24-44-20-28)40(50)54-4)35(45-33)11-7-27-15-31(23-43-19-27)39(49)53-3/h5-24H,1-4H3. The summed E-state index contributed by atoms with van der Waals surface area (Å²) in [6.45, 7) is 0. The Morgan fingerprint density at radius 2 is 0.593 bits per heavy atom. The summed E-state index contributed by atoms with van der Waals surface area (Å²) in [7, 11) is 5.15. The van der Waals surface area contributed by atoms with Crippen molar-refractivity contribution in [3.63, 3.8) is 0 Å². The van der Waals surface area contributed by atoms with Gasteiger partial charge in [-0.15, -0.1) is 0 Å². The van der Waals surface area contributed by atoms with Crippen molar-refractivity contribution < 1.29 is 38.1 Å². The molecule has 0 N–H and O–H groups in total. The van der Waals surface area contributed by atoms with Crippen molar-refractivity contribution in [2.75, 3.05) is 28.4 Å². The highest BCUT2D eigenvalue weighted by Crippen LogP contribution is 2.21. The Morgan fingerprint density at radius 3 is 0.796 bits per heavy atom. The zero-order valence-electron chi connectivity index (χ0n) is 29.5. The second-order valence-electron chi connectivity index (χ2n) is 11.1. The molecular weight excluding hydrogens is 692 g/mol. The monoisotopic (exact) mass is 724 g/mol. The van der Waals surface area contributed by atoms with Gasteiger partial charge in [-0.1, -0.05) is 24.3 Å². The third-order valence-electron chi connectivity index (χ3n) is 7.46. The molecule has 0 aliphatic heterocycles. The zero-order valence-corrected chi connectivity index (χ0v) is 29.5. The van der Waals surface area contributed by atoms with Crippen molar-refractivity contribution in [1.82, 2.24) is 29.9 Å². The third-order valence-corrected chi connectivity index (χ3v) is 7.46. The van der Waals surface area contributed by atoms with Gasteiger partial charge in [-0.05, 0) is 70.8 Å². The lowest BCUT2D eigenvalue weighted by molar-refractivity contribution is 0.0591. The molecule has 0 saturated carbocycles.